The molecule has 2 aliphatic rings. The normalized spacial score (nSPS) is 17.1. The minimum atomic E-state index is -4.17. The van der Waals surface area contributed by atoms with Crippen LogP contribution in [0.15, 0.2) is 53.6 Å². The predicted octanol–water partition coefficient (Wildman–Crippen LogP) is 4.91. The minimum Gasteiger partial charge on any atom is -0.350 e. The lowest BCUT2D eigenvalue weighted by molar-refractivity contribution is 0.489. The van der Waals surface area contributed by atoms with Gasteiger partial charge in [-0.25, -0.2) is 18.2 Å². The molecule has 0 unspecified atom stereocenters. The number of aromatic nitrogens is 3. The van der Waals surface area contributed by atoms with Crippen LogP contribution >= 0.6 is 11.6 Å². The molecule has 4 aromatic rings. The molecular weight excluding hydrogens is 527 g/mol. The monoisotopic (exact) mass is 547 g/mol. The van der Waals surface area contributed by atoms with Gasteiger partial charge in [-0.2, -0.15) is 12.5 Å². The Morgan fingerprint density at radius 2 is 1.70 bits per heavy atom. The lowest BCUT2D eigenvalue weighted by atomic mass is 10.1. The standard InChI is InChI=1S/C25H21ClF3N5O2S/c1-15-2-4-18(5-3-15)37(35,36)34-21-12-16(27)10-19(26)22(21)24(31-34)33-9-8-32(14-25(33)6-7-25)23-20(29)11-17(28)13-30-23/h2-5,10-13H,6-9,14H2,1H3. The summed E-state index contributed by atoms with van der Waals surface area (Å²) in [5.41, 5.74) is 0.447. The average Bonchev–Trinajstić information content (AvgIpc) is 3.48. The van der Waals surface area contributed by atoms with Crippen LogP contribution in [0, 0.1) is 24.4 Å². The molecule has 0 amide bonds. The number of halogens is 4. The van der Waals surface area contributed by atoms with E-state index in [9.17, 15) is 21.6 Å². The fraction of sp³-hybridized carbons (Fsp3) is 0.280. The summed E-state index contributed by atoms with van der Waals surface area (Å²) in [6, 6.07) is 9.34. The van der Waals surface area contributed by atoms with E-state index >= 15 is 0 Å². The van der Waals surface area contributed by atoms with E-state index in [1.165, 1.54) is 12.1 Å². The predicted molar refractivity (Wildman–Crippen MR) is 134 cm³/mol. The van der Waals surface area contributed by atoms with E-state index < -0.39 is 33.0 Å². The maximum Gasteiger partial charge on any atom is 0.283 e. The van der Waals surface area contributed by atoms with Gasteiger partial charge in [0.2, 0.25) is 0 Å². The maximum atomic E-state index is 14.5. The molecule has 6 rings (SSSR count). The molecule has 12 heteroatoms. The summed E-state index contributed by atoms with van der Waals surface area (Å²) >= 11 is 6.47. The summed E-state index contributed by atoms with van der Waals surface area (Å²) in [5, 5.41) is 4.86. The number of piperazine rings is 1. The van der Waals surface area contributed by atoms with Gasteiger partial charge in [-0.1, -0.05) is 29.3 Å². The topological polar surface area (TPSA) is 71.3 Å². The molecule has 192 valence electrons. The molecule has 1 spiro atoms. The van der Waals surface area contributed by atoms with Crippen molar-refractivity contribution in [2.24, 2.45) is 0 Å². The minimum absolute atomic E-state index is 0.0123. The Labute approximate surface area is 216 Å². The summed E-state index contributed by atoms with van der Waals surface area (Å²) in [6.45, 7) is 2.90. The van der Waals surface area contributed by atoms with Crippen LogP contribution in [0.4, 0.5) is 24.8 Å². The van der Waals surface area contributed by atoms with Crippen LogP contribution in [0.2, 0.25) is 5.02 Å². The van der Waals surface area contributed by atoms with Crippen molar-refractivity contribution in [3.63, 3.8) is 0 Å². The van der Waals surface area contributed by atoms with Crippen molar-refractivity contribution in [2.75, 3.05) is 29.4 Å². The molecular formula is C25H21ClF3N5O2S. The van der Waals surface area contributed by atoms with Crippen molar-refractivity contribution in [1.82, 2.24) is 14.2 Å². The molecule has 1 aliphatic heterocycles. The van der Waals surface area contributed by atoms with E-state index in [4.69, 9.17) is 11.6 Å². The average molecular weight is 548 g/mol. The van der Waals surface area contributed by atoms with E-state index in [0.717, 1.165) is 46.9 Å². The zero-order valence-corrected chi connectivity index (χ0v) is 21.2. The summed E-state index contributed by atoms with van der Waals surface area (Å²) in [7, 11) is -4.17. The van der Waals surface area contributed by atoms with Crippen molar-refractivity contribution >= 4 is 44.2 Å². The van der Waals surface area contributed by atoms with E-state index in [0.29, 0.717) is 30.8 Å². The third kappa shape index (κ3) is 3.91. The number of pyridine rings is 1. The largest absolute Gasteiger partial charge is 0.350 e. The maximum absolute atomic E-state index is 14.5. The molecule has 2 fully saturated rings. The summed E-state index contributed by atoms with van der Waals surface area (Å²) in [6.07, 6.45) is 2.46. The second kappa shape index (κ2) is 8.35. The SMILES string of the molecule is Cc1ccc(S(=O)(=O)n2nc(N3CCN(c4ncc(F)cc4F)CC34CC4)c3c(Cl)cc(F)cc32)cc1. The van der Waals surface area contributed by atoms with Crippen LogP contribution in [0.25, 0.3) is 10.9 Å². The van der Waals surface area contributed by atoms with Gasteiger partial charge in [0.1, 0.15) is 11.6 Å². The highest BCUT2D eigenvalue weighted by molar-refractivity contribution is 7.90. The Hall–Kier alpha value is -3.31. The van der Waals surface area contributed by atoms with Gasteiger partial charge in [-0.3, -0.25) is 0 Å². The molecule has 7 nitrogen and oxygen atoms in total. The Kier molecular flexibility index (Phi) is 5.43. The Balaban J connectivity index is 1.45. The van der Waals surface area contributed by atoms with E-state index in [1.807, 2.05) is 11.8 Å². The third-order valence-corrected chi connectivity index (χ3v) is 8.92. The van der Waals surface area contributed by atoms with Gasteiger partial charge in [0.25, 0.3) is 10.0 Å². The fourth-order valence-corrected chi connectivity index (χ4v) is 6.56. The van der Waals surface area contributed by atoms with Crippen LogP contribution in [-0.4, -0.2) is 47.8 Å². The summed E-state index contributed by atoms with van der Waals surface area (Å²) < 4.78 is 70.3. The molecule has 3 heterocycles. The molecule has 0 bridgehead atoms. The molecule has 1 saturated carbocycles. The van der Waals surface area contributed by atoms with Gasteiger partial charge in [0.15, 0.2) is 17.5 Å². The number of benzene rings is 2. The summed E-state index contributed by atoms with van der Waals surface area (Å²) in [4.78, 5) is 7.67. The Bertz CT molecular complexity index is 1660. The first-order valence-electron chi connectivity index (χ1n) is 11.6. The second-order valence-electron chi connectivity index (χ2n) is 9.52. The lowest BCUT2D eigenvalue weighted by Gasteiger charge is -2.43. The van der Waals surface area contributed by atoms with Gasteiger partial charge < -0.3 is 9.80 Å². The fourth-order valence-electron chi connectivity index (χ4n) is 5.01. The van der Waals surface area contributed by atoms with Crippen LogP contribution in [-0.2, 0) is 10.0 Å². The molecule has 0 atom stereocenters. The van der Waals surface area contributed by atoms with Crippen molar-refractivity contribution in [3.05, 3.63) is 76.7 Å². The van der Waals surface area contributed by atoms with Gasteiger partial charge in [0, 0.05) is 31.8 Å². The zero-order valence-electron chi connectivity index (χ0n) is 19.6. The first-order chi connectivity index (χ1) is 17.6. The quantitative estimate of drug-likeness (QED) is 0.362. The van der Waals surface area contributed by atoms with E-state index in [1.54, 1.807) is 17.0 Å². The van der Waals surface area contributed by atoms with Crippen LogP contribution in [0.5, 0.6) is 0 Å². The van der Waals surface area contributed by atoms with E-state index in [-0.39, 0.29) is 21.3 Å². The second-order valence-corrected chi connectivity index (χ2v) is 11.7. The van der Waals surface area contributed by atoms with Gasteiger partial charge >= 0.3 is 0 Å². The first-order valence-corrected chi connectivity index (χ1v) is 13.4. The van der Waals surface area contributed by atoms with Crippen LogP contribution in [0.1, 0.15) is 18.4 Å². The van der Waals surface area contributed by atoms with Crippen molar-refractivity contribution in [1.29, 1.82) is 0 Å². The smallest absolute Gasteiger partial charge is 0.283 e. The highest BCUT2D eigenvalue weighted by Gasteiger charge is 2.53. The highest BCUT2D eigenvalue weighted by Crippen LogP contribution is 2.49. The summed E-state index contributed by atoms with van der Waals surface area (Å²) in [5.74, 6) is -1.81. The number of aryl methyl sites for hydroxylation is 1. The number of hydrogen-bond acceptors (Lipinski definition) is 6. The first kappa shape index (κ1) is 24.1. The number of fused-ring (bicyclic) bond motifs is 1. The molecule has 0 radical (unpaired) electrons. The number of hydrogen-bond donors (Lipinski definition) is 0. The number of anilines is 2. The number of rotatable bonds is 4. The molecule has 1 saturated heterocycles. The van der Waals surface area contributed by atoms with Crippen molar-refractivity contribution in [2.45, 2.75) is 30.2 Å². The molecule has 2 aromatic carbocycles. The van der Waals surface area contributed by atoms with Gasteiger partial charge in [-0.05, 0) is 38.0 Å². The lowest BCUT2D eigenvalue weighted by Crippen LogP contribution is -2.56. The number of nitrogens with zero attached hydrogens (tertiary/aromatic N) is 5. The molecule has 0 N–H and O–H groups in total. The zero-order chi connectivity index (χ0) is 26.1. The molecule has 37 heavy (non-hydrogen) atoms. The van der Waals surface area contributed by atoms with Crippen molar-refractivity contribution in [3.8, 4) is 0 Å². The highest BCUT2D eigenvalue weighted by atomic mass is 35.5. The van der Waals surface area contributed by atoms with Crippen LogP contribution < -0.4 is 9.80 Å². The molecule has 1 aliphatic carbocycles. The van der Waals surface area contributed by atoms with Gasteiger partial charge in [-0.15, -0.1) is 5.10 Å². The molecule has 2 aromatic heterocycles. The Morgan fingerprint density at radius 1 is 0.973 bits per heavy atom. The Morgan fingerprint density at radius 3 is 2.38 bits per heavy atom. The third-order valence-electron chi connectivity index (χ3n) is 7.02. The van der Waals surface area contributed by atoms with Gasteiger partial charge in [0.05, 0.1) is 32.6 Å². The van der Waals surface area contributed by atoms with E-state index in [2.05, 4.69) is 10.1 Å². The van der Waals surface area contributed by atoms with Crippen molar-refractivity contribution < 1.29 is 21.6 Å². The van der Waals surface area contributed by atoms with Crippen LogP contribution in [0.3, 0.4) is 0 Å².